The topological polar surface area (TPSA) is 29.9 Å². The Morgan fingerprint density at radius 3 is 2.92 bits per heavy atom. The van der Waals surface area contributed by atoms with Gasteiger partial charge in [-0.05, 0) is 11.5 Å². The molecule has 0 saturated carbocycles. The van der Waals surface area contributed by atoms with E-state index in [0.29, 0.717) is 11.8 Å². The molecule has 1 saturated heterocycles. The molecule has 0 spiro atoms. The molecule has 0 radical (unpaired) electrons. The zero-order valence-electron chi connectivity index (χ0n) is 8.33. The minimum absolute atomic E-state index is 0.673. The first-order valence-electron chi connectivity index (χ1n) is 4.99. The number of rotatable bonds is 3. The molecule has 2 rings (SSSR count). The molecule has 0 unspecified atom stereocenters. The molecule has 72 valence electrons. The van der Waals surface area contributed by atoms with E-state index in [-0.39, 0.29) is 0 Å². The lowest BCUT2D eigenvalue weighted by Crippen LogP contribution is -2.39. The Labute approximate surface area is 79.1 Å². The summed E-state index contributed by atoms with van der Waals surface area (Å²) in [4.78, 5) is 0. The van der Waals surface area contributed by atoms with Gasteiger partial charge < -0.3 is 5.32 Å². The molecule has 13 heavy (non-hydrogen) atoms. The van der Waals surface area contributed by atoms with Gasteiger partial charge in [0.15, 0.2) is 0 Å². The highest BCUT2D eigenvalue weighted by Gasteiger charge is 2.20. The summed E-state index contributed by atoms with van der Waals surface area (Å²) in [5.41, 5.74) is 1.39. The van der Waals surface area contributed by atoms with Crippen LogP contribution in [0.1, 0.15) is 25.3 Å². The fourth-order valence-corrected chi connectivity index (χ4v) is 1.59. The summed E-state index contributed by atoms with van der Waals surface area (Å²) < 4.78 is 2.05. The smallest absolute Gasteiger partial charge is 0.0525 e. The summed E-state index contributed by atoms with van der Waals surface area (Å²) in [6, 6.07) is 0. The molecule has 1 aliphatic rings. The van der Waals surface area contributed by atoms with Crippen LogP contribution in [-0.2, 0) is 6.54 Å². The highest BCUT2D eigenvalue weighted by Crippen LogP contribution is 2.18. The molecule has 0 bridgehead atoms. The van der Waals surface area contributed by atoms with Crippen LogP contribution in [0.4, 0.5) is 0 Å². The molecule has 3 heteroatoms. The van der Waals surface area contributed by atoms with Gasteiger partial charge in [-0.1, -0.05) is 13.8 Å². The Hall–Kier alpha value is -0.830. The normalized spacial score (nSPS) is 17.8. The van der Waals surface area contributed by atoms with Crippen molar-refractivity contribution < 1.29 is 0 Å². The Morgan fingerprint density at radius 2 is 2.38 bits per heavy atom. The molecular weight excluding hydrogens is 162 g/mol. The van der Waals surface area contributed by atoms with Gasteiger partial charge in [0.25, 0.3) is 0 Å². The van der Waals surface area contributed by atoms with Crippen molar-refractivity contribution in [2.75, 3.05) is 13.1 Å². The maximum atomic E-state index is 4.35. The molecule has 1 N–H and O–H groups in total. The number of aromatic nitrogens is 2. The van der Waals surface area contributed by atoms with Gasteiger partial charge in [0.05, 0.1) is 6.20 Å². The van der Waals surface area contributed by atoms with Crippen LogP contribution in [0.3, 0.4) is 0 Å². The molecule has 1 aromatic heterocycles. The van der Waals surface area contributed by atoms with Crippen LogP contribution in [-0.4, -0.2) is 22.9 Å². The van der Waals surface area contributed by atoms with Crippen LogP contribution < -0.4 is 5.32 Å². The maximum Gasteiger partial charge on any atom is 0.0525 e. The van der Waals surface area contributed by atoms with Crippen molar-refractivity contribution in [1.29, 1.82) is 0 Å². The molecule has 2 heterocycles. The molecule has 0 atom stereocenters. The van der Waals surface area contributed by atoms with E-state index in [0.717, 1.165) is 19.6 Å². The molecule has 0 aliphatic carbocycles. The average Bonchev–Trinajstić information content (AvgIpc) is 2.31. The van der Waals surface area contributed by atoms with Crippen LogP contribution >= 0.6 is 0 Å². The number of hydrogen-bond donors (Lipinski definition) is 1. The van der Waals surface area contributed by atoms with Crippen molar-refractivity contribution in [3.8, 4) is 0 Å². The number of nitrogens with zero attached hydrogens (tertiary/aromatic N) is 2. The summed E-state index contributed by atoms with van der Waals surface area (Å²) in [6.45, 7) is 7.69. The van der Waals surface area contributed by atoms with Crippen LogP contribution in [0, 0.1) is 5.92 Å². The molecule has 0 aromatic carbocycles. The zero-order chi connectivity index (χ0) is 9.26. The van der Waals surface area contributed by atoms with Gasteiger partial charge in [-0.3, -0.25) is 4.68 Å². The van der Waals surface area contributed by atoms with E-state index in [2.05, 4.69) is 35.1 Å². The standard InChI is InChI=1S/C10H17N3/c1-8(2)6-13-7-10(5-12-13)9-3-11-4-9/h5,7-9,11H,3-4,6H2,1-2H3. The van der Waals surface area contributed by atoms with Crippen molar-refractivity contribution >= 4 is 0 Å². The lowest BCUT2D eigenvalue weighted by molar-refractivity contribution is 0.446. The van der Waals surface area contributed by atoms with Crippen molar-refractivity contribution in [3.05, 3.63) is 18.0 Å². The van der Waals surface area contributed by atoms with Gasteiger partial charge in [-0.2, -0.15) is 5.10 Å². The predicted octanol–water partition coefficient (Wildman–Crippen LogP) is 1.23. The van der Waals surface area contributed by atoms with Gasteiger partial charge in [-0.15, -0.1) is 0 Å². The van der Waals surface area contributed by atoms with E-state index in [1.165, 1.54) is 5.56 Å². The molecule has 1 fully saturated rings. The number of hydrogen-bond acceptors (Lipinski definition) is 2. The third kappa shape index (κ3) is 1.91. The minimum atomic E-state index is 0.673. The summed E-state index contributed by atoms with van der Waals surface area (Å²) in [5.74, 6) is 1.38. The summed E-state index contributed by atoms with van der Waals surface area (Å²) in [7, 11) is 0. The summed E-state index contributed by atoms with van der Waals surface area (Å²) in [6.07, 6.45) is 4.19. The SMILES string of the molecule is CC(C)Cn1cc(C2CNC2)cn1. The van der Waals surface area contributed by atoms with E-state index in [1.807, 2.05) is 6.20 Å². The summed E-state index contributed by atoms with van der Waals surface area (Å²) in [5, 5.41) is 7.62. The zero-order valence-corrected chi connectivity index (χ0v) is 8.33. The third-order valence-corrected chi connectivity index (χ3v) is 2.46. The fourth-order valence-electron chi connectivity index (χ4n) is 1.59. The van der Waals surface area contributed by atoms with Gasteiger partial charge in [0, 0.05) is 31.7 Å². The molecule has 3 nitrogen and oxygen atoms in total. The quantitative estimate of drug-likeness (QED) is 0.756. The van der Waals surface area contributed by atoms with E-state index in [4.69, 9.17) is 0 Å². The second-order valence-corrected chi connectivity index (χ2v) is 4.24. The van der Waals surface area contributed by atoms with Crippen molar-refractivity contribution in [2.45, 2.75) is 26.3 Å². The lowest BCUT2D eigenvalue weighted by Gasteiger charge is -2.25. The van der Waals surface area contributed by atoms with Crippen LogP contribution in [0.2, 0.25) is 0 Å². The molecule has 0 amide bonds. The van der Waals surface area contributed by atoms with Crippen LogP contribution in [0.5, 0.6) is 0 Å². The van der Waals surface area contributed by atoms with Gasteiger partial charge in [-0.25, -0.2) is 0 Å². The minimum Gasteiger partial charge on any atom is -0.315 e. The molecular formula is C10H17N3. The number of nitrogens with one attached hydrogen (secondary N) is 1. The maximum absolute atomic E-state index is 4.35. The van der Waals surface area contributed by atoms with E-state index in [1.54, 1.807) is 0 Å². The second kappa shape index (κ2) is 3.50. The Bertz CT molecular complexity index is 273. The summed E-state index contributed by atoms with van der Waals surface area (Å²) >= 11 is 0. The first kappa shape index (κ1) is 8.75. The largest absolute Gasteiger partial charge is 0.315 e. The molecule has 1 aromatic rings. The van der Waals surface area contributed by atoms with Crippen molar-refractivity contribution in [1.82, 2.24) is 15.1 Å². The van der Waals surface area contributed by atoms with Gasteiger partial charge in [0.1, 0.15) is 0 Å². The van der Waals surface area contributed by atoms with E-state index >= 15 is 0 Å². The predicted molar refractivity (Wildman–Crippen MR) is 52.7 cm³/mol. The first-order chi connectivity index (χ1) is 6.25. The monoisotopic (exact) mass is 179 g/mol. The van der Waals surface area contributed by atoms with Gasteiger partial charge >= 0.3 is 0 Å². The lowest BCUT2D eigenvalue weighted by atomic mass is 9.97. The van der Waals surface area contributed by atoms with Crippen molar-refractivity contribution in [2.24, 2.45) is 5.92 Å². The fraction of sp³-hybridized carbons (Fsp3) is 0.700. The van der Waals surface area contributed by atoms with Crippen LogP contribution in [0.15, 0.2) is 12.4 Å². The highest BCUT2D eigenvalue weighted by molar-refractivity contribution is 5.15. The van der Waals surface area contributed by atoms with E-state index < -0.39 is 0 Å². The molecule has 1 aliphatic heterocycles. The van der Waals surface area contributed by atoms with E-state index in [9.17, 15) is 0 Å². The van der Waals surface area contributed by atoms with Crippen LogP contribution in [0.25, 0.3) is 0 Å². The highest BCUT2D eigenvalue weighted by atomic mass is 15.3. The van der Waals surface area contributed by atoms with Crippen molar-refractivity contribution in [3.63, 3.8) is 0 Å². The first-order valence-corrected chi connectivity index (χ1v) is 4.99. The average molecular weight is 179 g/mol. The Morgan fingerprint density at radius 1 is 1.62 bits per heavy atom. The Kier molecular flexibility index (Phi) is 2.36. The second-order valence-electron chi connectivity index (χ2n) is 4.24. The third-order valence-electron chi connectivity index (χ3n) is 2.46. The van der Waals surface area contributed by atoms with Gasteiger partial charge in [0.2, 0.25) is 0 Å². The Balaban J connectivity index is 2.00.